The van der Waals surface area contributed by atoms with Crippen LogP contribution in [0.4, 0.5) is 0 Å². The van der Waals surface area contributed by atoms with Gasteiger partial charge in [0, 0.05) is 6.20 Å². The number of hydrogen-bond acceptors (Lipinski definition) is 3. The van der Waals surface area contributed by atoms with Gasteiger partial charge in [-0.3, -0.25) is 0 Å². The lowest BCUT2D eigenvalue weighted by Crippen LogP contribution is -2.06. The summed E-state index contributed by atoms with van der Waals surface area (Å²) < 4.78 is 5.09. The third kappa shape index (κ3) is 2.28. The first kappa shape index (κ1) is 11.1. The van der Waals surface area contributed by atoms with E-state index in [2.05, 4.69) is 4.98 Å². The summed E-state index contributed by atoms with van der Waals surface area (Å²) in [7, 11) is 0. The summed E-state index contributed by atoms with van der Waals surface area (Å²) in [6.07, 6.45) is 1.78. The Balaban J connectivity index is 3.08. The van der Waals surface area contributed by atoms with Gasteiger partial charge in [-0.25, -0.2) is 9.59 Å². The molecule has 6 nitrogen and oxygen atoms in total. The van der Waals surface area contributed by atoms with Crippen LogP contribution < -0.4 is 4.74 Å². The SMILES string of the molecule is CCCOc1c(C(=O)O)c[nH]c1C(=O)O. The Morgan fingerprint density at radius 1 is 1.40 bits per heavy atom. The van der Waals surface area contributed by atoms with Gasteiger partial charge in [-0.2, -0.15) is 0 Å². The topological polar surface area (TPSA) is 99.6 Å². The molecular weight excluding hydrogens is 202 g/mol. The maximum atomic E-state index is 10.7. The van der Waals surface area contributed by atoms with Crippen molar-refractivity contribution in [2.75, 3.05) is 6.61 Å². The smallest absolute Gasteiger partial charge is 0.356 e. The Labute approximate surface area is 85.5 Å². The summed E-state index contributed by atoms with van der Waals surface area (Å²) in [5.41, 5.74) is -0.401. The summed E-state index contributed by atoms with van der Waals surface area (Å²) >= 11 is 0. The van der Waals surface area contributed by atoms with Crippen molar-refractivity contribution in [1.29, 1.82) is 0 Å². The highest BCUT2D eigenvalue weighted by Gasteiger charge is 2.22. The van der Waals surface area contributed by atoms with Gasteiger partial charge in [0.15, 0.2) is 11.4 Å². The minimum Gasteiger partial charge on any atom is -0.490 e. The molecule has 0 aliphatic carbocycles. The van der Waals surface area contributed by atoms with Crippen molar-refractivity contribution in [2.24, 2.45) is 0 Å². The molecule has 0 amide bonds. The first-order valence-electron chi connectivity index (χ1n) is 4.38. The van der Waals surface area contributed by atoms with Crippen molar-refractivity contribution in [3.8, 4) is 5.75 Å². The molecule has 0 radical (unpaired) electrons. The quantitative estimate of drug-likeness (QED) is 0.682. The van der Waals surface area contributed by atoms with Crippen LogP contribution in [0.25, 0.3) is 0 Å². The second kappa shape index (κ2) is 4.50. The first-order valence-corrected chi connectivity index (χ1v) is 4.38. The lowest BCUT2D eigenvalue weighted by molar-refractivity contribution is 0.0686. The van der Waals surface area contributed by atoms with E-state index in [0.717, 1.165) is 6.20 Å². The molecular formula is C9H11NO5. The van der Waals surface area contributed by atoms with Gasteiger partial charge in [0.25, 0.3) is 0 Å². The summed E-state index contributed by atoms with van der Waals surface area (Å²) in [6, 6.07) is 0. The molecule has 0 atom stereocenters. The molecule has 1 aromatic rings. The average molecular weight is 213 g/mol. The van der Waals surface area contributed by atoms with Gasteiger partial charge in [0.2, 0.25) is 0 Å². The molecule has 0 saturated heterocycles. The van der Waals surface area contributed by atoms with Gasteiger partial charge < -0.3 is 19.9 Å². The third-order valence-corrected chi connectivity index (χ3v) is 1.73. The molecule has 0 aromatic carbocycles. The highest BCUT2D eigenvalue weighted by molar-refractivity contribution is 5.98. The Kier molecular flexibility index (Phi) is 3.33. The van der Waals surface area contributed by atoms with Crippen molar-refractivity contribution < 1.29 is 24.5 Å². The highest BCUT2D eigenvalue weighted by atomic mass is 16.5. The summed E-state index contributed by atoms with van der Waals surface area (Å²) in [4.78, 5) is 23.8. The van der Waals surface area contributed by atoms with E-state index in [1.807, 2.05) is 6.92 Å². The van der Waals surface area contributed by atoms with Gasteiger partial charge in [0.1, 0.15) is 5.56 Å². The van der Waals surface area contributed by atoms with Gasteiger partial charge in [-0.15, -0.1) is 0 Å². The molecule has 0 bridgehead atoms. The lowest BCUT2D eigenvalue weighted by Gasteiger charge is -2.04. The van der Waals surface area contributed by atoms with E-state index in [1.54, 1.807) is 0 Å². The Morgan fingerprint density at radius 3 is 2.53 bits per heavy atom. The molecule has 82 valence electrons. The highest BCUT2D eigenvalue weighted by Crippen LogP contribution is 2.23. The lowest BCUT2D eigenvalue weighted by atomic mass is 10.2. The van der Waals surface area contributed by atoms with Gasteiger partial charge in [-0.1, -0.05) is 6.92 Å². The van der Waals surface area contributed by atoms with Crippen LogP contribution in [0.5, 0.6) is 5.75 Å². The number of hydrogen-bond donors (Lipinski definition) is 3. The van der Waals surface area contributed by atoms with Crippen LogP contribution >= 0.6 is 0 Å². The molecule has 3 N–H and O–H groups in total. The molecule has 0 aliphatic rings. The third-order valence-electron chi connectivity index (χ3n) is 1.73. The number of aromatic carboxylic acids is 2. The molecule has 1 aromatic heterocycles. The van der Waals surface area contributed by atoms with Gasteiger partial charge >= 0.3 is 11.9 Å². The predicted octanol–water partition coefficient (Wildman–Crippen LogP) is 1.20. The fourth-order valence-electron chi connectivity index (χ4n) is 1.08. The van der Waals surface area contributed by atoms with E-state index < -0.39 is 11.9 Å². The van der Waals surface area contributed by atoms with Crippen molar-refractivity contribution in [3.05, 3.63) is 17.5 Å². The predicted molar refractivity (Wildman–Crippen MR) is 50.5 cm³/mol. The first-order chi connectivity index (χ1) is 7.07. The number of aromatic nitrogens is 1. The van der Waals surface area contributed by atoms with E-state index in [4.69, 9.17) is 14.9 Å². The largest absolute Gasteiger partial charge is 0.490 e. The normalized spacial score (nSPS) is 9.93. The maximum Gasteiger partial charge on any atom is 0.356 e. The maximum absolute atomic E-state index is 10.7. The molecule has 0 fully saturated rings. The number of H-pyrrole nitrogens is 1. The summed E-state index contributed by atoms with van der Waals surface area (Å²) in [5, 5.41) is 17.5. The molecule has 1 heterocycles. The van der Waals surface area contributed by atoms with Gasteiger partial charge in [0.05, 0.1) is 6.61 Å². The van der Waals surface area contributed by atoms with E-state index >= 15 is 0 Å². The van der Waals surface area contributed by atoms with E-state index in [-0.39, 0.29) is 23.6 Å². The van der Waals surface area contributed by atoms with Crippen LogP contribution in [-0.4, -0.2) is 33.7 Å². The number of carboxylic acids is 2. The van der Waals surface area contributed by atoms with Crippen LogP contribution in [0.2, 0.25) is 0 Å². The Hall–Kier alpha value is -1.98. The van der Waals surface area contributed by atoms with Crippen molar-refractivity contribution >= 4 is 11.9 Å². The fraction of sp³-hybridized carbons (Fsp3) is 0.333. The monoisotopic (exact) mass is 213 g/mol. The second-order valence-electron chi connectivity index (χ2n) is 2.87. The zero-order chi connectivity index (χ0) is 11.4. The number of rotatable bonds is 5. The molecule has 6 heteroatoms. The van der Waals surface area contributed by atoms with E-state index in [9.17, 15) is 9.59 Å². The number of ether oxygens (including phenoxy) is 1. The minimum absolute atomic E-state index is 0.114. The zero-order valence-corrected chi connectivity index (χ0v) is 8.11. The molecule has 1 rings (SSSR count). The van der Waals surface area contributed by atoms with Crippen molar-refractivity contribution in [1.82, 2.24) is 4.98 Å². The molecule has 15 heavy (non-hydrogen) atoms. The van der Waals surface area contributed by atoms with Crippen LogP contribution in [0, 0.1) is 0 Å². The number of aromatic amines is 1. The fourth-order valence-corrected chi connectivity index (χ4v) is 1.08. The minimum atomic E-state index is -1.24. The number of carbonyl (C=O) groups is 2. The second-order valence-corrected chi connectivity index (χ2v) is 2.87. The van der Waals surface area contributed by atoms with Crippen LogP contribution in [-0.2, 0) is 0 Å². The standard InChI is InChI=1S/C9H11NO5/c1-2-3-15-7-5(8(11)12)4-10-6(7)9(13)14/h4,10H,2-3H2,1H3,(H,11,12)(H,13,14). The summed E-state index contributed by atoms with van der Waals surface area (Å²) in [6.45, 7) is 2.12. The number of carboxylic acid groups (broad SMARTS) is 2. The van der Waals surface area contributed by atoms with E-state index in [0.29, 0.717) is 6.42 Å². The Morgan fingerprint density at radius 2 is 2.07 bits per heavy atom. The molecule has 0 spiro atoms. The zero-order valence-electron chi connectivity index (χ0n) is 8.11. The molecule has 0 unspecified atom stereocenters. The van der Waals surface area contributed by atoms with Crippen molar-refractivity contribution in [2.45, 2.75) is 13.3 Å². The van der Waals surface area contributed by atoms with Crippen LogP contribution in [0.15, 0.2) is 6.20 Å². The Bertz CT molecular complexity index is 350. The average Bonchev–Trinajstić information content (AvgIpc) is 2.57. The molecule has 0 saturated carbocycles. The van der Waals surface area contributed by atoms with Crippen LogP contribution in [0.3, 0.4) is 0 Å². The summed E-state index contributed by atoms with van der Waals surface area (Å²) in [5.74, 6) is -2.57. The van der Waals surface area contributed by atoms with Crippen molar-refractivity contribution in [3.63, 3.8) is 0 Å². The molecule has 0 aliphatic heterocycles. The van der Waals surface area contributed by atoms with Gasteiger partial charge in [-0.05, 0) is 6.42 Å². The van der Waals surface area contributed by atoms with E-state index in [1.165, 1.54) is 0 Å². The van der Waals surface area contributed by atoms with Crippen LogP contribution in [0.1, 0.15) is 34.2 Å². The number of nitrogens with one attached hydrogen (secondary N) is 1.